The third-order valence-electron chi connectivity index (χ3n) is 6.24. The Morgan fingerprint density at radius 1 is 1.20 bits per heavy atom. The highest BCUT2D eigenvalue weighted by Crippen LogP contribution is 2.25. The molecular weight excluding hydrogens is 398 g/mol. The molecule has 2 aliphatic rings. The van der Waals surface area contributed by atoms with E-state index >= 15 is 0 Å². The summed E-state index contributed by atoms with van der Waals surface area (Å²) in [4.78, 5) is 33.0. The van der Waals surface area contributed by atoms with E-state index in [0.717, 1.165) is 38.8 Å². The van der Waals surface area contributed by atoms with Crippen LogP contribution in [-0.4, -0.2) is 51.4 Å². The van der Waals surface area contributed by atoms with Gasteiger partial charge >= 0.3 is 0 Å². The molecule has 30 heavy (non-hydrogen) atoms. The second-order valence-electron chi connectivity index (χ2n) is 8.22. The van der Waals surface area contributed by atoms with Crippen molar-refractivity contribution < 1.29 is 9.53 Å². The van der Waals surface area contributed by atoms with Crippen molar-refractivity contribution in [2.45, 2.75) is 75.7 Å². The molecule has 1 saturated carbocycles. The van der Waals surface area contributed by atoms with E-state index in [9.17, 15) is 9.59 Å². The summed E-state index contributed by atoms with van der Waals surface area (Å²) in [6.07, 6.45) is 7.89. The molecule has 0 bridgehead atoms. The SMILES string of the molecule is CCN(C(=O)CSc1nc2ccccc2c(=O)n1CC1CCCO1)C1CCCCC1. The van der Waals surface area contributed by atoms with Gasteiger partial charge in [0.2, 0.25) is 5.91 Å². The van der Waals surface area contributed by atoms with Gasteiger partial charge in [0.1, 0.15) is 0 Å². The molecule has 7 heteroatoms. The van der Waals surface area contributed by atoms with Crippen molar-refractivity contribution in [3.05, 3.63) is 34.6 Å². The van der Waals surface area contributed by atoms with Crippen molar-refractivity contribution in [1.29, 1.82) is 0 Å². The van der Waals surface area contributed by atoms with Gasteiger partial charge in [-0.3, -0.25) is 14.2 Å². The number of carbonyl (C=O) groups excluding carboxylic acids is 1. The molecule has 1 saturated heterocycles. The molecule has 2 aromatic rings. The van der Waals surface area contributed by atoms with Gasteiger partial charge in [0.05, 0.1) is 29.3 Å². The molecule has 2 fully saturated rings. The standard InChI is InChI=1S/C23H31N3O3S/c1-2-25(17-9-4-3-5-10-17)21(27)16-30-23-24-20-13-7-6-12-19(20)22(28)26(23)15-18-11-8-14-29-18/h6-7,12-13,17-18H,2-5,8-11,14-16H2,1H3. The number of para-hydroxylation sites is 1. The summed E-state index contributed by atoms with van der Waals surface area (Å²) in [6.45, 7) is 4.03. The highest BCUT2D eigenvalue weighted by atomic mass is 32.2. The lowest BCUT2D eigenvalue weighted by atomic mass is 9.94. The van der Waals surface area contributed by atoms with E-state index in [1.165, 1.54) is 31.0 Å². The highest BCUT2D eigenvalue weighted by molar-refractivity contribution is 7.99. The zero-order valence-electron chi connectivity index (χ0n) is 17.7. The molecule has 0 spiro atoms. The van der Waals surface area contributed by atoms with Gasteiger partial charge in [-0.05, 0) is 44.7 Å². The van der Waals surface area contributed by atoms with Crippen LogP contribution in [0.15, 0.2) is 34.2 Å². The first kappa shape index (κ1) is 21.4. The van der Waals surface area contributed by atoms with Crippen LogP contribution < -0.4 is 5.56 Å². The highest BCUT2D eigenvalue weighted by Gasteiger charge is 2.25. The Balaban J connectivity index is 1.55. The quantitative estimate of drug-likeness (QED) is 0.494. The molecule has 1 atom stereocenters. The average Bonchev–Trinajstić information content (AvgIpc) is 3.29. The number of benzene rings is 1. The Labute approximate surface area is 182 Å². The Bertz CT molecular complexity index is 933. The second kappa shape index (κ2) is 9.96. The normalized spacial score (nSPS) is 20.0. The lowest BCUT2D eigenvalue weighted by Gasteiger charge is -2.33. The Morgan fingerprint density at radius 3 is 2.73 bits per heavy atom. The fourth-order valence-electron chi connectivity index (χ4n) is 4.65. The van der Waals surface area contributed by atoms with E-state index < -0.39 is 0 Å². The van der Waals surface area contributed by atoms with Crippen LogP contribution in [0.4, 0.5) is 0 Å². The average molecular weight is 430 g/mol. The number of fused-ring (bicyclic) bond motifs is 1. The molecule has 0 N–H and O–H groups in total. The number of thioether (sulfide) groups is 1. The minimum absolute atomic E-state index is 0.0371. The topological polar surface area (TPSA) is 64.4 Å². The number of carbonyl (C=O) groups is 1. The van der Waals surface area contributed by atoms with Crippen molar-refractivity contribution >= 4 is 28.6 Å². The minimum Gasteiger partial charge on any atom is -0.376 e. The van der Waals surface area contributed by atoms with E-state index in [1.54, 1.807) is 4.57 Å². The molecule has 1 amide bonds. The number of aromatic nitrogens is 2. The number of nitrogens with zero attached hydrogens (tertiary/aromatic N) is 3. The van der Waals surface area contributed by atoms with Crippen molar-refractivity contribution in [2.75, 3.05) is 18.9 Å². The molecule has 0 radical (unpaired) electrons. The second-order valence-corrected chi connectivity index (χ2v) is 9.17. The van der Waals surface area contributed by atoms with Gasteiger partial charge in [-0.15, -0.1) is 0 Å². The van der Waals surface area contributed by atoms with Crippen LogP contribution >= 0.6 is 11.8 Å². The lowest BCUT2D eigenvalue weighted by Crippen LogP contribution is -2.42. The van der Waals surface area contributed by atoms with Crippen molar-refractivity contribution in [3.63, 3.8) is 0 Å². The van der Waals surface area contributed by atoms with Gasteiger partial charge in [0.15, 0.2) is 5.16 Å². The molecule has 4 rings (SSSR count). The van der Waals surface area contributed by atoms with E-state index in [1.807, 2.05) is 29.2 Å². The third-order valence-corrected chi connectivity index (χ3v) is 7.20. The van der Waals surface area contributed by atoms with Crippen LogP contribution in [0.2, 0.25) is 0 Å². The number of ether oxygens (including phenoxy) is 1. The monoisotopic (exact) mass is 429 g/mol. The van der Waals surface area contributed by atoms with Crippen molar-refractivity contribution in [3.8, 4) is 0 Å². The molecule has 162 valence electrons. The summed E-state index contributed by atoms with van der Waals surface area (Å²) < 4.78 is 7.48. The number of hydrogen-bond donors (Lipinski definition) is 0. The first-order valence-corrected chi connectivity index (χ1v) is 12.2. The summed E-state index contributed by atoms with van der Waals surface area (Å²) in [5, 5.41) is 1.23. The molecular formula is C23H31N3O3S. The smallest absolute Gasteiger partial charge is 0.262 e. The Morgan fingerprint density at radius 2 is 2.00 bits per heavy atom. The van der Waals surface area contributed by atoms with Gasteiger partial charge in [-0.25, -0.2) is 4.98 Å². The Hall–Kier alpha value is -1.86. The maximum atomic E-state index is 13.2. The predicted octanol–water partition coefficient (Wildman–Crippen LogP) is 3.85. The predicted molar refractivity (Wildman–Crippen MR) is 120 cm³/mol. The van der Waals surface area contributed by atoms with Gasteiger partial charge in [-0.1, -0.05) is 43.2 Å². The zero-order valence-corrected chi connectivity index (χ0v) is 18.5. The zero-order chi connectivity index (χ0) is 20.9. The summed E-state index contributed by atoms with van der Waals surface area (Å²) in [7, 11) is 0. The molecule has 2 heterocycles. The van der Waals surface area contributed by atoms with Crippen molar-refractivity contribution in [2.24, 2.45) is 0 Å². The van der Waals surface area contributed by atoms with Gasteiger partial charge in [0, 0.05) is 19.2 Å². The summed E-state index contributed by atoms with van der Waals surface area (Å²) in [5.74, 6) is 0.446. The molecule has 1 aliphatic heterocycles. The third kappa shape index (κ3) is 4.72. The largest absolute Gasteiger partial charge is 0.376 e. The first-order chi connectivity index (χ1) is 14.7. The number of rotatable bonds is 7. The van der Waals surface area contributed by atoms with Gasteiger partial charge in [-0.2, -0.15) is 0 Å². The maximum absolute atomic E-state index is 13.2. The molecule has 1 aliphatic carbocycles. The maximum Gasteiger partial charge on any atom is 0.262 e. The summed E-state index contributed by atoms with van der Waals surface area (Å²) in [5.41, 5.74) is 0.631. The first-order valence-electron chi connectivity index (χ1n) is 11.2. The fraction of sp³-hybridized carbons (Fsp3) is 0.609. The lowest BCUT2D eigenvalue weighted by molar-refractivity contribution is -0.131. The van der Waals surface area contributed by atoms with E-state index in [2.05, 4.69) is 6.92 Å². The van der Waals surface area contributed by atoms with Crippen LogP contribution in [0.1, 0.15) is 51.9 Å². The van der Waals surface area contributed by atoms with Crippen LogP contribution in [0.25, 0.3) is 10.9 Å². The minimum atomic E-state index is -0.0503. The van der Waals surface area contributed by atoms with Gasteiger partial charge < -0.3 is 9.64 Å². The van der Waals surface area contributed by atoms with Crippen LogP contribution in [0.3, 0.4) is 0 Å². The Kier molecular flexibility index (Phi) is 7.10. The molecule has 1 aromatic heterocycles. The van der Waals surface area contributed by atoms with E-state index in [0.29, 0.717) is 34.4 Å². The van der Waals surface area contributed by atoms with Crippen LogP contribution in [-0.2, 0) is 16.1 Å². The summed E-state index contributed by atoms with van der Waals surface area (Å²) in [6, 6.07) is 7.79. The summed E-state index contributed by atoms with van der Waals surface area (Å²) >= 11 is 1.38. The van der Waals surface area contributed by atoms with Gasteiger partial charge in [0.25, 0.3) is 5.56 Å². The molecule has 1 aromatic carbocycles. The molecule has 1 unspecified atom stereocenters. The molecule has 6 nitrogen and oxygen atoms in total. The number of amides is 1. The van der Waals surface area contributed by atoms with Crippen molar-refractivity contribution in [1.82, 2.24) is 14.5 Å². The number of hydrogen-bond acceptors (Lipinski definition) is 5. The fourth-order valence-corrected chi connectivity index (χ4v) is 5.55. The van der Waals surface area contributed by atoms with E-state index in [-0.39, 0.29) is 17.6 Å². The van der Waals surface area contributed by atoms with E-state index in [4.69, 9.17) is 9.72 Å². The van der Waals surface area contributed by atoms with Crippen LogP contribution in [0.5, 0.6) is 0 Å². The van der Waals surface area contributed by atoms with Crippen LogP contribution in [0, 0.1) is 0 Å².